The molecule has 9 heavy (non-hydrogen) atoms. The van der Waals surface area contributed by atoms with Gasteiger partial charge in [0.25, 0.3) is 0 Å². The molecule has 48 valence electrons. The smallest absolute Gasteiger partial charge is 0.222 e. The molecule has 0 aliphatic heterocycles. The average Bonchev–Trinajstić information content (AvgIpc) is 1.90. The predicted molar refractivity (Wildman–Crippen MR) is 40.9 cm³/mol. The van der Waals surface area contributed by atoms with E-state index in [1.807, 2.05) is 0 Å². The van der Waals surface area contributed by atoms with Gasteiger partial charge in [-0.05, 0) is 0 Å². The van der Waals surface area contributed by atoms with Crippen LogP contribution in [0.25, 0.3) is 0 Å². The second-order valence-electron chi connectivity index (χ2n) is 1.59. The van der Waals surface area contributed by atoms with Crippen LogP contribution in [-0.4, -0.2) is 17.0 Å². The number of nitrogens with zero attached hydrogens (tertiary/aromatic N) is 2. The van der Waals surface area contributed by atoms with Crippen LogP contribution in [0, 0.1) is 0 Å². The quantitative estimate of drug-likeness (QED) is 0.560. The molecule has 1 unspecified atom stereocenters. The molecule has 0 spiro atoms. The van der Waals surface area contributed by atoms with E-state index in [0.29, 0.717) is 5.95 Å². The molecule has 0 radical (unpaired) electrons. The molecule has 1 rings (SSSR count). The summed E-state index contributed by atoms with van der Waals surface area (Å²) in [4.78, 5) is 7.91. The van der Waals surface area contributed by atoms with Gasteiger partial charge in [0.05, 0.1) is 0 Å². The van der Waals surface area contributed by atoms with Crippen LogP contribution in [0.15, 0.2) is 12.4 Å². The van der Waals surface area contributed by atoms with E-state index in [1.54, 1.807) is 19.4 Å². The van der Waals surface area contributed by atoms with Gasteiger partial charge in [-0.1, -0.05) is 0 Å². The Morgan fingerprint density at radius 1 is 1.44 bits per heavy atom. The molecule has 1 heterocycles. The highest BCUT2D eigenvalue weighted by Crippen LogP contribution is 1.91. The van der Waals surface area contributed by atoms with Crippen LogP contribution in [0.5, 0.6) is 0 Å². The maximum Gasteiger partial charge on any atom is 0.222 e. The third kappa shape index (κ3) is 1.61. The normalized spacial score (nSPS) is 9.11. The molecular formula is C5H8N3P. The van der Waals surface area contributed by atoms with Crippen LogP contribution in [0.2, 0.25) is 0 Å². The van der Waals surface area contributed by atoms with Gasteiger partial charge in [-0.3, -0.25) is 0 Å². The van der Waals surface area contributed by atoms with Crippen molar-refractivity contribution in [2.24, 2.45) is 0 Å². The maximum atomic E-state index is 3.95. The topological polar surface area (TPSA) is 37.8 Å². The molecule has 0 amide bonds. The Balaban J connectivity index is 2.88. The highest BCUT2D eigenvalue weighted by atomic mass is 31.0. The van der Waals surface area contributed by atoms with Crippen molar-refractivity contribution in [1.29, 1.82) is 0 Å². The minimum absolute atomic E-state index is 0.654. The molecule has 1 aromatic heterocycles. The van der Waals surface area contributed by atoms with Crippen molar-refractivity contribution in [2.45, 2.75) is 0 Å². The standard InChI is InChI=1S/C5H8N3P/c1-6-5-7-2-4(9)3-8-5/h2-3H,9H2,1H3,(H,6,7,8). The van der Waals surface area contributed by atoms with Crippen LogP contribution >= 0.6 is 9.24 Å². The zero-order valence-electron chi connectivity index (χ0n) is 5.13. The average molecular weight is 141 g/mol. The van der Waals surface area contributed by atoms with Crippen molar-refractivity contribution in [2.75, 3.05) is 12.4 Å². The molecule has 0 fully saturated rings. The van der Waals surface area contributed by atoms with E-state index in [-0.39, 0.29) is 0 Å². The Hall–Kier alpha value is -0.690. The minimum Gasteiger partial charge on any atom is -0.357 e. The molecule has 1 atom stereocenters. The van der Waals surface area contributed by atoms with Gasteiger partial charge in [0.1, 0.15) is 0 Å². The third-order valence-electron chi connectivity index (χ3n) is 0.895. The van der Waals surface area contributed by atoms with Crippen molar-refractivity contribution in [3.63, 3.8) is 0 Å². The number of nitrogens with one attached hydrogen (secondary N) is 1. The van der Waals surface area contributed by atoms with Crippen LogP contribution < -0.4 is 10.6 Å². The first-order valence-corrected chi connectivity index (χ1v) is 3.16. The lowest BCUT2D eigenvalue weighted by Crippen LogP contribution is -2.00. The molecule has 3 nitrogen and oxygen atoms in total. The van der Waals surface area contributed by atoms with Crippen LogP contribution in [0.4, 0.5) is 5.95 Å². The van der Waals surface area contributed by atoms with Gasteiger partial charge >= 0.3 is 0 Å². The molecular weight excluding hydrogens is 133 g/mol. The van der Waals surface area contributed by atoms with E-state index in [2.05, 4.69) is 24.5 Å². The van der Waals surface area contributed by atoms with Crippen LogP contribution in [-0.2, 0) is 0 Å². The number of anilines is 1. The first-order valence-electron chi connectivity index (χ1n) is 2.58. The first-order chi connectivity index (χ1) is 4.33. The first kappa shape index (κ1) is 6.43. The summed E-state index contributed by atoms with van der Waals surface area (Å²) < 4.78 is 0. The summed E-state index contributed by atoms with van der Waals surface area (Å²) in [5, 5.41) is 3.82. The van der Waals surface area contributed by atoms with Crippen LogP contribution in [0.1, 0.15) is 0 Å². The zero-order chi connectivity index (χ0) is 6.69. The molecule has 4 heteroatoms. The lowest BCUT2D eigenvalue weighted by molar-refractivity contribution is 1.17. The Morgan fingerprint density at radius 3 is 2.44 bits per heavy atom. The second kappa shape index (κ2) is 2.74. The molecule has 0 aliphatic carbocycles. The van der Waals surface area contributed by atoms with E-state index >= 15 is 0 Å². The lowest BCUT2D eigenvalue weighted by Gasteiger charge is -1.94. The summed E-state index contributed by atoms with van der Waals surface area (Å²) in [6, 6.07) is 0. The van der Waals surface area contributed by atoms with Crippen molar-refractivity contribution < 1.29 is 0 Å². The molecule has 0 saturated carbocycles. The largest absolute Gasteiger partial charge is 0.357 e. The van der Waals surface area contributed by atoms with Gasteiger partial charge in [0.15, 0.2) is 0 Å². The van der Waals surface area contributed by atoms with E-state index in [0.717, 1.165) is 5.30 Å². The Kier molecular flexibility index (Phi) is 1.96. The van der Waals surface area contributed by atoms with Crippen molar-refractivity contribution >= 4 is 20.5 Å². The summed E-state index contributed by atoms with van der Waals surface area (Å²) in [7, 11) is 4.31. The fourth-order valence-corrected chi connectivity index (χ4v) is 0.616. The fraction of sp³-hybridized carbons (Fsp3) is 0.200. The zero-order valence-corrected chi connectivity index (χ0v) is 6.28. The number of rotatable bonds is 1. The lowest BCUT2D eigenvalue weighted by atomic mass is 10.7. The number of aromatic nitrogens is 2. The van der Waals surface area contributed by atoms with E-state index in [1.165, 1.54) is 0 Å². The number of hydrogen-bond acceptors (Lipinski definition) is 3. The van der Waals surface area contributed by atoms with Crippen molar-refractivity contribution in [1.82, 2.24) is 9.97 Å². The van der Waals surface area contributed by atoms with Crippen LogP contribution in [0.3, 0.4) is 0 Å². The van der Waals surface area contributed by atoms with Gasteiger partial charge in [0, 0.05) is 24.7 Å². The van der Waals surface area contributed by atoms with Gasteiger partial charge in [-0.2, -0.15) is 0 Å². The SMILES string of the molecule is CNc1ncc(P)cn1. The molecule has 0 saturated heterocycles. The summed E-state index contributed by atoms with van der Waals surface area (Å²) >= 11 is 0. The van der Waals surface area contributed by atoms with E-state index in [4.69, 9.17) is 0 Å². The molecule has 1 aromatic rings. The van der Waals surface area contributed by atoms with Gasteiger partial charge in [-0.25, -0.2) is 9.97 Å². The Labute approximate surface area is 56.1 Å². The molecule has 1 N–H and O–H groups in total. The monoisotopic (exact) mass is 141 g/mol. The Morgan fingerprint density at radius 2 is 2.00 bits per heavy atom. The maximum absolute atomic E-state index is 3.95. The molecule has 0 bridgehead atoms. The minimum atomic E-state index is 0.654. The van der Waals surface area contributed by atoms with Crippen molar-refractivity contribution in [3.05, 3.63) is 12.4 Å². The molecule has 0 aromatic carbocycles. The summed E-state index contributed by atoms with van der Waals surface area (Å²) in [5.41, 5.74) is 0. The van der Waals surface area contributed by atoms with E-state index in [9.17, 15) is 0 Å². The van der Waals surface area contributed by atoms with Crippen molar-refractivity contribution in [3.8, 4) is 0 Å². The van der Waals surface area contributed by atoms with E-state index < -0.39 is 0 Å². The summed E-state index contributed by atoms with van der Waals surface area (Å²) in [5.74, 6) is 0.654. The summed E-state index contributed by atoms with van der Waals surface area (Å²) in [6.07, 6.45) is 3.48. The predicted octanol–water partition coefficient (Wildman–Crippen LogP) is 0.0187. The molecule has 0 aliphatic rings. The fourth-order valence-electron chi connectivity index (χ4n) is 0.467. The van der Waals surface area contributed by atoms with Gasteiger partial charge in [0.2, 0.25) is 5.95 Å². The van der Waals surface area contributed by atoms with Gasteiger partial charge < -0.3 is 5.32 Å². The summed E-state index contributed by atoms with van der Waals surface area (Å²) in [6.45, 7) is 0. The highest BCUT2D eigenvalue weighted by molar-refractivity contribution is 7.27. The highest BCUT2D eigenvalue weighted by Gasteiger charge is 1.87. The second-order valence-corrected chi connectivity index (χ2v) is 2.26. The van der Waals surface area contributed by atoms with Gasteiger partial charge in [-0.15, -0.1) is 9.24 Å². The number of hydrogen-bond donors (Lipinski definition) is 1. The third-order valence-corrected chi connectivity index (χ3v) is 1.19. The Bertz CT molecular complexity index is 184.